The number of nitrogens with zero attached hydrogens (tertiary/aromatic N) is 1. The summed E-state index contributed by atoms with van der Waals surface area (Å²) in [5, 5.41) is 15.6. The molecule has 22 heavy (non-hydrogen) atoms. The van der Waals surface area contributed by atoms with Gasteiger partial charge < -0.3 is 15.4 Å². The highest BCUT2D eigenvalue weighted by Gasteiger charge is 2.27. The third-order valence-electron chi connectivity index (χ3n) is 3.48. The number of carbonyl (C=O) groups is 1. The summed E-state index contributed by atoms with van der Waals surface area (Å²) in [6, 6.07) is 7.25. The molecule has 0 aliphatic carbocycles. The largest absolute Gasteiger partial charge is 0.372 e. The van der Waals surface area contributed by atoms with Crippen molar-refractivity contribution in [3.8, 4) is 6.07 Å². The molecule has 1 aromatic rings. The second kappa shape index (κ2) is 8.35. The molecule has 5 nitrogen and oxygen atoms in total. The predicted octanol–water partition coefficient (Wildman–Crippen LogP) is 2.30. The van der Waals surface area contributed by atoms with Gasteiger partial charge in [-0.15, -0.1) is 0 Å². The van der Waals surface area contributed by atoms with Gasteiger partial charge in [0.25, 0.3) is 0 Å². The summed E-state index contributed by atoms with van der Waals surface area (Å²) in [4.78, 5) is 11.5. The maximum Gasteiger partial charge on any atom is 0.234 e. The van der Waals surface area contributed by atoms with Crippen molar-refractivity contribution >= 4 is 29.1 Å². The first kappa shape index (κ1) is 17.0. The van der Waals surface area contributed by atoms with Crippen LogP contribution in [0.4, 0.5) is 0 Å². The Labute approximate surface area is 139 Å². The topological polar surface area (TPSA) is 74.2 Å². The maximum absolute atomic E-state index is 11.5. The number of benzene rings is 1. The van der Waals surface area contributed by atoms with Crippen molar-refractivity contribution in [2.24, 2.45) is 5.92 Å². The van der Waals surface area contributed by atoms with Crippen molar-refractivity contribution < 1.29 is 9.53 Å². The molecule has 118 valence electrons. The first-order chi connectivity index (χ1) is 10.6. The molecule has 0 unspecified atom stereocenters. The molecule has 1 saturated heterocycles. The Kier molecular flexibility index (Phi) is 6.47. The lowest BCUT2D eigenvalue weighted by Gasteiger charge is -2.25. The summed E-state index contributed by atoms with van der Waals surface area (Å²) < 4.78 is 5.91. The zero-order valence-corrected chi connectivity index (χ0v) is 13.5. The van der Waals surface area contributed by atoms with Gasteiger partial charge >= 0.3 is 0 Å². The molecule has 1 aliphatic heterocycles. The minimum absolute atomic E-state index is 0.0439. The number of hydrogen-bond acceptors (Lipinski definition) is 4. The van der Waals surface area contributed by atoms with Crippen molar-refractivity contribution in [1.29, 1.82) is 5.26 Å². The number of rotatable bonds is 4. The Hall–Kier alpha value is -1.32. The lowest BCUT2D eigenvalue weighted by molar-refractivity contribution is -0.120. The zero-order chi connectivity index (χ0) is 15.9. The third-order valence-corrected chi connectivity index (χ3v) is 4.22. The summed E-state index contributed by atoms with van der Waals surface area (Å²) >= 11 is 12.0. The van der Waals surface area contributed by atoms with Crippen molar-refractivity contribution in [2.75, 3.05) is 26.2 Å². The third kappa shape index (κ3) is 4.59. The monoisotopic (exact) mass is 341 g/mol. The van der Waals surface area contributed by atoms with Crippen LogP contribution < -0.4 is 10.6 Å². The standard InChI is InChI=1S/C15H17Cl2N3O2/c16-12-2-1-10(7-13(12)17)15-11(8-19-5-6-22-15)9-20-14(21)3-4-18/h1-2,7,11,15,19H,3,5-6,8-9H2,(H,20,21)/t11-,15-/m0/s1. The zero-order valence-electron chi connectivity index (χ0n) is 11.9. The molecule has 0 aromatic heterocycles. The van der Waals surface area contributed by atoms with Crippen LogP contribution in [0, 0.1) is 17.2 Å². The Morgan fingerprint density at radius 3 is 3.00 bits per heavy atom. The molecule has 0 spiro atoms. The van der Waals surface area contributed by atoms with Crippen molar-refractivity contribution in [3.63, 3.8) is 0 Å². The molecule has 7 heteroatoms. The minimum Gasteiger partial charge on any atom is -0.372 e. The quantitative estimate of drug-likeness (QED) is 0.881. The lowest BCUT2D eigenvalue weighted by Crippen LogP contribution is -2.36. The van der Waals surface area contributed by atoms with E-state index in [4.69, 9.17) is 33.2 Å². The normalized spacial score (nSPS) is 21.7. The Bertz CT molecular complexity index is 574. The van der Waals surface area contributed by atoms with E-state index in [2.05, 4.69) is 10.6 Å². The van der Waals surface area contributed by atoms with Crippen molar-refractivity contribution in [3.05, 3.63) is 33.8 Å². The van der Waals surface area contributed by atoms with Gasteiger partial charge in [0.05, 0.1) is 28.8 Å². The molecular formula is C15H17Cl2N3O2. The SMILES string of the molecule is N#CCC(=O)NC[C@@H]1CNCCO[C@H]1c1ccc(Cl)c(Cl)c1. The van der Waals surface area contributed by atoms with Crippen LogP contribution in [0.2, 0.25) is 10.0 Å². The molecule has 2 N–H and O–H groups in total. The molecule has 0 bridgehead atoms. The fourth-order valence-electron chi connectivity index (χ4n) is 2.40. The summed E-state index contributed by atoms with van der Waals surface area (Å²) in [5.74, 6) is -0.234. The second-order valence-corrected chi connectivity index (χ2v) is 5.88. The molecule has 1 amide bonds. The highest BCUT2D eigenvalue weighted by molar-refractivity contribution is 6.42. The van der Waals surface area contributed by atoms with Gasteiger partial charge in [0, 0.05) is 25.6 Å². The van der Waals surface area contributed by atoms with Gasteiger partial charge in [0.15, 0.2) is 0 Å². The highest BCUT2D eigenvalue weighted by atomic mass is 35.5. The number of carbonyl (C=O) groups excluding carboxylic acids is 1. The van der Waals surface area contributed by atoms with Gasteiger partial charge in [-0.2, -0.15) is 5.26 Å². The second-order valence-electron chi connectivity index (χ2n) is 5.07. The van der Waals surface area contributed by atoms with Crippen LogP contribution in [-0.4, -0.2) is 32.1 Å². The molecular weight excluding hydrogens is 325 g/mol. The van der Waals surface area contributed by atoms with Gasteiger partial charge in [-0.25, -0.2) is 0 Å². The van der Waals surface area contributed by atoms with Gasteiger partial charge in [0.1, 0.15) is 6.42 Å². The first-order valence-corrected chi connectivity index (χ1v) is 7.78. The Morgan fingerprint density at radius 2 is 2.27 bits per heavy atom. The molecule has 0 radical (unpaired) electrons. The summed E-state index contributed by atoms with van der Waals surface area (Å²) in [5.41, 5.74) is 0.928. The predicted molar refractivity (Wildman–Crippen MR) is 84.8 cm³/mol. The Morgan fingerprint density at radius 1 is 1.45 bits per heavy atom. The van der Waals surface area contributed by atoms with Crippen LogP contribution in [0.25, 0.3) is 0 Å². The van der Waals surface area contributed by atoms with E-state index in [9.17, 15) is 4.79 Å². The van der Waals surface area contributed by atoms with E-state index in [1.165, 1.54) is 0 Å². The van der Waals surface area contributed by atoms with Gasteiger partial charge in [-0.05, 0) is 17.7 Å². The average Bonchev–Trinajstić information content (AvgIpc) is 2.74. The van der Waals surface area contributed by atoms with E-state index < -0.39 is 0 Å². The smallest absolute Gasteiger partial charge is 0.234 e. The molecule has 1 fully saturated rings. The number of halogens is 2. The van der Waals surface area contributed by atoms with E-state index in [1.807, 2.05) is 12.1 Å². The average molecular weight is 342 g/mol. The van der Waals surface area contributed by atoms with Crippen LogP contribution in [-0.2, 0) is 9.53 Å². The maximum atomic E-state index is 11.5. The van der Waals surface area contributed by atoms with Crippen molar-refractivity contribution in [1.82, 2.24) is 10.6 Å². The van der Waals surface area contributed by atoms with E-state index >= 15 is 0 Å². The molecule has 0 saturated carbocycles. The van der Waals surface area contributed by atoms with E-state index in [-0.39, 0.29) is 24.3 Å². The van der Waals surface area contributed by atoms with Gasteiger partial charge in [-0.1, -0.05) is 29.3 Å². The first-order valence-electron chi connectivity index (χ1n) is 7.02. The fourth-order valence-corrected chi connectivity index (χ4v) is 2.71. The van der Waals surface area contributed by atoms with Gasteiger partial charge in [0.2, 0.25) is 5.91 Å². The van der Waals surface area contributed by atoms with E-state index in [0.29, 0.717) is 29.7 Å². The highest BCUT2D eigenvalue weighted by Crippen LogP contribution is 2.31. The Balaban J connectivity index is 2.11. The van der Waals surface area contributed by atoms with Crippen LogP contribution in [0.15, 0.2) is 18.2 Å². The summed E-state index contributed by atoms with van der Waals surface area (Å²) in [7, 11) is 0. The van der Waals surface area contributed by atoms with Crippen LogP contribution >= 0.6 is 23.2 Å². The number of hydrogen-bond donors (Lipinski definition) is 2. The van der Waals surface area contributed by atoms with Crippen LogP contribution in [0.5, 0.6) is 0 Å². The van der Waals surface area contributed by atoms with Crippen molar-refractivity contribution in [2.45, 2.75) is 12.5 Å². The minimum atomic E-state index is -0.278. The molecule has 2 rings (SSSR count). The van der Waals surface area contributed by atoms with E-state index in [1.54, 1.807) is 12.1 Å². The number of nitriles is 1. The summed E-state index contributed by atoms with van der Waals surface area (Å²) in [6.45, 7) is 2.46. The lowest BCUT2D eigenvalue weighted by atomic mass is 9.95. The number of nitrogens with one attached hydrogen (secondary N) is 2. The van der Waals surface area contributed by atoms with Crippen LogP contribution in [0.1, 0.15) is 18.1 Å². The number of amides is 1. The molecule has 1 aliphatic rings. The van der Waals surface area contributed by atoms with Crippen LogP contribution in [0.3, 0.4) is 0 Å². The van der Waals surface area contributed by atoms with E-state index in [0.717, 1.165) is 12.1 Å². The summed E-state index contributed by atoms with van der Waals surface area (Å²) in [6.07, 6.45) is -0.328. The molecule has 2 atom stereocenters. The molecule has 1 aromatic carbocycles. The fraction of sp³-hybridized carbons (Fsp3) is 0.467. The molecule has 1 heterocycles. The number of ether oxygens (including phenoxy) is 1. The van der Waals surface area contributed by atoms with Gasteiger partial charge in [-0.3, -0.25) is 4.79 Å².